The molecule has 0 spiro atoms. The number of halogens is 1. The largest absolute Gasteiger partial charge is 0.481 e. The third-order valence-corrected chi connectivity index (χ3v) is 5.44. The van der Waals surface area contributed by atoms with Gasteiger partial charge in [0.15, 0.2) is 0 Å². The lowest BCUT2D eigenvalue weighted by molar-refractivity contribution is 0.0946. The highest BCUT2D eigenvalue weighted by molar-refractivity contribution is 6.30. The van der Waals surface area contributed by atoms with Crippen LogP contribution in [0.3, 0.4) is 0 Å². The number of amides is 1. The Kier molecular flexibility index (Phi) is 6.23. The van der Waals surface area contributed by atoms with E-state index in [0.29, 0.717) is 16.4 Å². The van der Waals surface area contributed by atoms with Crippen molar-refractivity contribution in [1.29, 1.82) is 0 Å². The molecule has 0 radical (unpaired) electrons. The number of hydrogen-bond acceptors (Lipinski definition) is 6. The maximum absolute atomic E-state index is 13.1. The Labute approximate surface area is 193 Å². The van der Waals surface area contributed by atoms with Gasteiger partial charge in [-0.3, -0.25) is 18.7 Å². The molecular weight excluding hydrogens is 446 g/mol. The highest BCUT2D eigenvalue weighted by Crippen LogP contribution is 2.12. The van der Waals surface area contributed by atoms with Gasteiger partial charge in [-0.25, -0.2) is 14.8 Å². The van der Waals surface area contributed by atoms with Crippen molar-refractivity contribution in [3.05, 3.63) is 97.5 Å². The fraction of sp³-hybridized carbons (Fsp3) is 0.174. The summed E-state index contributed by atoms with van der Waals surface area (Å²) in [6, 6.07) is 11.8. The Morgan fingerprint density at radius 2 is 1.79 bits per heavy atom. The average Bonchev–Trinajstić information content (AvgIpc) is 2.85. The fourth-order valence-corrected chi connectivity index (χ4v) is 3.47. The molecule has 10 heteroatoms. The summed E-state index contributed by atoms with van der Waals surface area (Å²) < 4.78 is 7.48. The summed E-state index contributed by atoms with van der Waals surface area (Å²) in [6.45, 7) is 0.302. The maximum atomic E-state index is 13.1. The van der Waals surface area contributed by atoms with E-state index in [1.54, 1.807) is 49.6 Å². The van der Waals surface area contributed by atoms with E-state index in [-0.39, 0.29) is 24.2 Å². The van der Waals surface area contributed by atoms with Gasteiger partial charge in [0.1, 0.15) is 5.69 Å². The first-order valence-corrected chi connectivity index (χ1v) is 10.4. The van der Waals surface area contributed by atoms with Crippen LogP contribution in [-0.2, 0) is 20.1 Å². The SMILES string of the molecule is COc1ccc(CNC(=O)c2cc3c(=O)n(Cc4ccc(Cl)cc4)c(=O)n(C)c3cn2)cn1. The molecule has 0 aliphatic carbocycles. The maximum Gasteiger partial charge on any atom is 0.331 e. The Balaban J connectivity index is 1.64. The number of carbonyl (C=O) groups is 1. The van der Waals surface area contributed by atoms with E-state index in [1.165, 1.54) is 23.9 Å². The summed E-state index contributed by atoms with van der Waals surface area (Å²) in [7, 11) is 3.08. The molecule has 1 amide bonds. The van der Waals surface area contributed by atoms with E-state index in [9.17, 15) is 14.4 Å². The van der Waals surface area contributed by atoms with E-state index in [2.05, 4.69) is 15.3 Å². The predicted octanol–water partition coefficient (Wildman–Crippen LogP) is 2.13. The van der Waals surface area contributed by atoms with Gasteiger partial charge >= 0.3 is 5.69 Å². The third-order valence-electron chi connectivity index (χ3n) is 5.18. The molecule has 0 fully saturated rings. The van der Waals surface area contributed by atoms with E-state index in [0.717, 1.165) is 15.7 Å². The first-order chi connectivity index (χ1) is 15.9. The number of rotatable bonds is 6. The van der Waals surface area contributed by atoms with Gasteiger partial charge in [-0.1, -0.05) is 29.8 Å². The summed E-state index contributed by atoms with van der Waals surface area (Å²) >= 11 is 5.92. The van der Waals surface area contributed by atoms with Crippen molar-refractivity contribution in [2.45, 2.75) is 13.1 Å². The monoisotopic (exact) mass is 465 g/mol. The Bertz CT molecular complexity index is 1440. The minimum atomic E-state index is -0.501. The zero-order valence-electron chi connectivity index (χ0n) is 17.9. The van der Waals surface area contributed by atoms with Gasteiger partial charge in [-0.05, 0) is 29.3 Å². The second kappa shape index (κ2) is 9.25. The molecule has 0 bridgehead atoms. The van der Waals surface area contributed by atoms with Gasteiger partial charge in [0.25, 0.3) is 11.5 Å². The van der Waals surface area contributed by atoms with Crippen LogP contribution in [0.2, 0.25) is 5.02 Å². The van der Waals surface area contributed by atoms with E-state index in [1.807, 2.05) is 0 Å². The van der Waals surface area contributed by atoms with Crippen molar-refractivity contribution in [3.8, 4) is 5.88 Å². The van der Waals surface area contributed by atoms with Gasteiger partial charge in [0, 0.05) is 30.9 Å². The van der Waals surface area contributed by atoms with Crippen LogP contribution in [0.25, 0.3) is 10.9 Å². The highest BCUT2D eigenvalue weighted by Gasteiger charge is 2.15. The quantitative estimate of drug-likeness (QED) is 0.467. The smallest absolute Gasteiger partial charge is 0.331 e. The molecule has 0 atom stereocenters. The van der Waals surface area contributed by atoms with E-state index in [4.69, 9.17) is 16.3 Å². The number of carbonyl (C=O) groups excluding carboxylic acids is 1. The molecule has 9 nitrogen and oxygen atoms in total. The van der Waals surface area contributed by atoms with E-state index >= 15 is 0 Å². The van der Waals surface area contributed by atoms with Crippen LogP contribution in [0, 0.1) is 0 Å². The number of fused-ring (bicyclic) bond motifs is 1. The standard InChI is InChI=1S/C23H20ClN5O4/c1-28-19-12-25-18(21(30)27-11-15-5-8-20(33-2)26-10-15)9-17(19)22(31)29(23(28)32)13-14-3-6-16(24)7-4-14/h3-10,12H,11,13H2,1-2H3,(H,27,30). The van der Waals surface area contributed by atoms with Crippen molar-refractivity contribution >= 4 is 28.4 Å². The Morgan fingerprint density at radius 1 is 1.06 bits per heavy atom. The summed E-state index contributed by atoms with van der Waals surface area (Å²) in [5.74, 6) is 0.0204. The molecule has 3 heterocycles. The molecule has 4 rings (SSSR count). The number of aromatic nitrogens is 4. The molecule has 0 saturated heterocycles. The number of hydrogen-bond donors (Lipinski definition) is 1. The summed E-state index contributed by atoms with van der Waals surface area (Å²) in [4.78, 5) is 46.8. The first-order valence-electron chi connectivity index (χ1n) is 9.98. The molecule has 33 heavy (non-hydrogen) atoms. The molecule has 1 aromatic carbocycles. The van der Waals surface area contributed by atoms with Crippen LogP contribution >= 0.6 is 11.6 Å². The fourth-order valence-electron chi connectivity index (χ4n) is 3.35. The van der Waals surface area contributed by atoms with E-state index < -0.39 is 17.2 Å². The topological polar surface area (TPSA) is 108 Å². The van der Waals surface area contributed by atoms with Crippen molar-refractivity contribution in [1.82, 2.24) is 24.4 Å². The number of nitrogens with zero attached hydrogens (tertiary/aromatic N) is 4. The normalized spacial score (nSPS) is 10.9. The molecule has 3 aromatic heterocycles. The molecule has 0 aliphatic rings. The summed E-state index contributed by atoms with van der Waals surface area (Å²) in [6.07, 6.45) is 2.95. The molecule has 0 aliphatic heterocycles. The van der Waals surface area contributed by atoms with Crippen molar-refractivity contribution in [2.24, 2.45) is 7.05 Å². The number of ether oxygens (including phenoxy) is 1. The molecule has 0 saturated carbocycles. The van der Waals surface area contributed by atoms with Crippen LogP contribution in [0.15, 0.2) is 64.4 Å². The second-order valence-electron chi connectivity index (χ2n) is 7.34. The molecule has 4 aromatic rings. The number of methoxy groups -OCH3 is 1. The predicted molar refractivity (Wildman–Crippen MR) is 124 cm³/mol. The second-order valence-corrected chi connectivity index (χ2v) is 7.77. The van der Waals surface area contributed by atoms with Gasteiger partial charge < -0.3 is 10.1 Å². The number of pyridine rings is 2. The van der Waals surface area contributed by atoms with Gasteiger partial charge in [0.05, 0.1) is 30.8 Å². The van der Waals surface area contributed by atoms with Gasteiger partial charge in [-0.15, -0.1) is 0 Å². The van der Waals surface area contributed by atoms with Gasteiger partial charge in [0.2, 0.25) is 5.88 Å². The lowest BCUT2D eigenvalue weighted by Crippen LogP contribution is -2.39. The number of nitrogens with one attached hydrogen (secondary N) is 1. The third kappa shape index (κ3) is 4.63. The van der Waals surface area contributed by atoms with Crippen molar-refractivity contribution in [3.63, 3.8) is 0 Å². The zero-order chi connectivity index (χ0) is 23.5. The zero-order valence-corrected chi connectivity index (χ0v) is 18.7. The molecule has 168 valence electrons. The minimum absolute atomic E-state index is 0.0674. The van der Waals surface area contributed by atoms with Crippen LogP contribution < -0.4 is 21.3 Å². The lowest BCUT2D eigenvalue weighted by Gasteiger charge is -2.12. The number of benzene rings is 1. The van der Waals surface area contributed by atoms with Crippen LogP contribution in [0.1, 0.15) is 21.6 Å². The van der Waals surface area contributed by atoms with Crippen molar-refractivity contribution in [2.75, 3.05) is 7.11 Å². The lowest BCUT2D eigenvalue weighted by atomic mass is 10.2. The van der Waals surface area contributed by atoms with Crippen molar-refractivity contribution < 1.29 is 9.53 Å². The van der Waals surface area contributed by atoms with Gasteiger partial charge in [-0.2, -0.15) is 0 Å². The average molecular weight is 466 g/mol. The molecule has 1 N–H and O–H groups in total. The minimum Gasteiger partial charge on any atom is -0.481 e. The Morgan fingerprint density at radius 3 is 2.45 bits per heavy atom. The highest BCUT2D eigenvalue weighted by atomic mass is 35.5. The first kappa shape index (κ1) is 22.2. The summed E-state index contributed by atoms with van der Waals surface area (Å²) in [5.41, 5.74) is 0.953. The number of aryl methyl sites for hydroxylation is 1. The van der Waals surface area contributed by atoms with Crippen LogP contribution in [0.5, 0.6) is 5.88 Å². The molecular formula is C23H20ClN5O4. The van der Waals surface area contributed by atoms with Crippen LogP contribution in [-0.4, -0.2) is 32.1 Å². The van der Waals surface area contributed by atoms with Crippen LogP contribution in [0.4, 0.5) is 0 Å². The Hall–Kier alpha value is -3.98. The molecule has 0 unspecified atom stereocenters. The summed E-state index contributed by atoms with van der Waals surface area (Å²) in [5, 5.41) is 3.53.